The predicted molar refractivity (Wildman–Crippen MR) is 20.2 cm³/mol. The standard InChI is InChI=1S/CH3NO2.HOSi/c2-1(3)4;1-2/h2H2,(H,3,4);1H. The number of carbonyl (C=O) groups is 1. The van der Waals surface area contributed by atoms with Gasteiger partial charge in [0.15, 0.2) is 0 Å². The molecule has 5 heteroatoms. The van der Waals surface area contributed by atoms with Gasteiger partial charge in [-0.25, -0.2) is 4.79 Å². The quantitative estimate of drug-likeness (QED) is 0.335. The molecule has 0 heterocycles. The Labute approximate surface area is 38.1 Å². The minimum Gasteiger partial charge on any atom is -0.465 e. The third kappa shape index (κ3) is 67.5. The van der Waals surface area contributed by atoms with Crippen LogP contribution in [0.1, 0.15) is 0 Å². The molecule has 0 aromatic heterocycles. The molecule has 0 unspecified atom stereocenters. The molecule has 1 amide bonds. The fraction of sp³-hybridized carbons (Fsp3) is 0. The largest absolute Gasteiger partial charge is 0.465 e. The summed E-state index contributed by atoms with van der Waals surface area (Å²) in [7, 11) is 1.97. The first-order valence-corrected chi connectivity index (χ1v) is 1.39. The molecule has 0 aliphatic rings. The highest BCUT2D eigenvalue weighted by Crippen LogP contribution is 1.34. The molecule has 0 spiro atoms. The van der Waals surface area contributed by atoms with Gasteiger partial charge in [-0.15, -0.1) is 0 Å². The van der Waals surface area contributed by atoms with Gasteiger partial charge in [-0.2, -0.15) is 0 Å². The summed E-state index contributed by atoms with van der Waals surface area (Å²) >= 11 is 0. The van der Waals surface area contributed by atoms with Crippen LogP contribution in [0.15, 0.2) is 0 Å². The maximum absolute atomic E-state index is 8.78. The zero-order chi connectivity index (χ0) is 5.58. The van der Waals surface area contributed by atoms with Gasteiger partial charge >= 0.3 is 6.09 Å². The SMILES string of the molecule is NC(=O)O.O[Si]. The molecule has 0 aliphatic carbocycles. The van der Waals surface area contributed by atoms with E-state index >= 15 is 0 Å². The molecule has 6 heavy (non-hydrogen) atoms. The first-order valence-electron chi connectivity index (χ1n) is 0.940. The Balaban J connectivity index is 0. The Kier molecular flexibility index (Phi) is 13.3. The number of hydrogen-bond acceptors (Lipinski definition) is 2. The van der Waals surface area contributed by atoms with Gasteiger partial charge in [-0.05, 0) is 0 Å². The normalized spacial score (nSPS) is 5.00. The molecule has 0 aromatic rings. The lowest BCUT2D eigenvalue weighted by atomic mass is 11.3. The molecule has 4 N–H and O–H groups in total. The molecular weight excluding hydrogens is 102 g/mol. The molecule has 4 nitrogen and oxygen atoms in total. The average Bonchev–Trinajstić information content (AvgIpc) is 1.41. The number of hydrogen-bond donors (Lipinski definition) is 3. The summed E-state index contributed by atoms with van der Waals surface area (Å²) in [4.78, 5) is 15.6. The molecule has 0 saturated carbocycles. The third-order valence-electron chi connectivity index (χ3n) is 0. The first kappa shape index (κ1) is 9.07. The first-order chi connectivity index (χ1) is 2.73. The molecule has 35 valence electrons. The smallest absolute Gasteiger partial charge is 0.402 e. The number of primary amides is 1. The Bertz CT molecular complexity index is 33.8. The Morgan fingerprint density at radius 3 is 1.67 bits per heavy atom. The maximum atomic E-state index is 8.78. The van der Waals surface area contributed by atoms with Gasteiger partial charge in [0, 0.05) is 0 Å². The summed E-state index contributed by atoms with van der Waals surface area (Å²) in [5, 5.41) is 7.19. The third-order valence-corrected chi connectivity index (χ3v) is 0. The van der Waals surface area contributed by atoms with Crippen LogP contribution in [0.25, 0.3) is 0 Å². The van der Waals surface area contributed by atoms with E-state index in [9.17, 15) is 0 Å². The monoisotopic (exact) mass is 106 g/mol. The zero-order valence-corrected chi connectivity index (χ0v) is 3.88. The highest BCUT2D eigenvalue weighted by molar-refractivity contribution is 5.95. The summed E-state index contributed by atoms with van der Waals surface area (Å²) in [6.45, 7) is 0. The van der Waals surface area contributed by atoms with E-state index in [0.717, 1.165) is 0 Å². The fourth-order valence-corrected chi connectivity index (χ4v) is 0. The Hall–Kier alpha value is -0.553. The van der Waals surface area contributed by atoms with Gasteiger partial charge in [0.05, 0.1) is 0 Å². The lowest BCUT2D eigenvalue weighted by Crippen LogP contribution is -2.03. The van der Waals surface area contributed by atoms with Gasteiger partial charge in [-0.3, -0.25) is 0 Å². The van der Waals surface area contributed by atoms with E-state index in [1.54, 1.807) is 0 Å². The van der Waals surface area contributed by atoms with Crippen molar-refractivity contribution in [2.45, 2.75) is 0 Å². The van der Waals surface area contributed by atoms with Crippen LogP contribution < -0.4 is 5.73 Å². The summed E-state index contributed by atoms with van der Waals surface area (Å²) in [6.07, 6.45) is -1.33. The topological polar surface area (TPSA) is 83.6 Å². The molecule has 0 aromatic carbocycles. The highest BCUT2D eigenvalue weighted by atomic mass is 28.2. The van der Waals surface area contributed by atoms with Gasteiger partial charge in [0.2, 0.25) is 10.5 Å². The number of rotatable bonds is 0. The van der Waals surface area contributed by atoms with E-state index in [2.05, 4.69) is 5.73 Å². The second kappa shape index (κ2) is 8.82. The summed E-state index contributed by atoms with van der Waals surface area (Å²) in [6, 6.07) is 0. The van der Waals surface area contributed by atoms with Gasteiger partial charge in [0.1, 0.15) is 0 Å². The van der Waals surface area contributed by atoms with Gasteiger partial charge in [-0.1, -0.05) is 0 Å². The lowest BCUT2D eigenvalue weighted by molar-refractivity contribution is 0.205. The van der Waals surface area contributed by atoms with Gasteiger partial charge in [0.25, 0.3) is 0 Å². The minimum atomic E-state index is -1.33. The van der Waals surface area contributed by atoms with Crippen molar-refractivity contribution in [1.82, 2.24) is 0 Å². The van der Waals surface area contributed by atoms with Crippen molar-refractivity contribution < 1.29 is 14.7 Å². The molecular formula is CH4NO3Si. The Morgan fingerprint density at radius 2 is 1.67 bits per heavy atom. The van der Waals surface area contributed by atoms with Crippen molar-refractivity contribution in [3.63, 3.8) is 0 Å². The van der Waals surface area contributed by atoms with E-state index in [1.807, 2.05) is 10.5 Å². The van der Waals surface area contributed by atoms with E-state index < -0.39 is 6.09 Å². The number of carboxylic acid groups (broad SMARTS) is 1. The van der Waals surface area contributed by atoms with Crippen LogP contribution in [-0.4, -0.2) is 26.5 Å². The van der Waals surface area contributed by atoms with Crippen LogP contribution in [0.4, 0.5) is 4.79 Å². The van der Waals surface area contributed by atoms with Crippen LogP contribution in [0.5, 0.6) is 0 Å². The van der Waals surface area contributed by atoms with Crippen LogP contribution >= 0.6 is 0 Å². The predicted octanol–water partition coefficient (Wildman–Crippen LogP) is -1.31. The highest BCUT2D eigenvalue weighted by Gasteiger charge is 1.65. The maximum Gasteiger partial charge on any atom is 0.402 e. The molecule has 0 aliphatic heterocycles. The zero-order valence-electron chi connectivity index (χ0n) is 2.88. The molecule has 0 bridgehead atoms. The van der Waals surface area contributed by atoms with Crippen molar-refractivity contribution in [3.05, 3.63) is 0 Å². The fourth-order valence-electron chi connectivity index (χ4n) is 0. The lowest BCUT2D eigenvalue weighted by Gasteiger charge is -1.61. The number of amides is 1. The minimum absolute atomic E-state index is 1.33. The number of nitrogens with two attached hydrogens (primary N) is 1. The summed E-state index contributed by atoms with van der Waals surface area (Å²) in [5.41, 5.74) is 4.03. The van der Waals surface area contributed by atoms with E-state index in [4.69, 9.17) is 14.7 Å². The van der Waals surface area contributed by atoms with Crippen molar-refractivity contribution in [1.29, 1.82) is 0 Å². The second-order valence-corrected chi connectivity index (χ2v) is 0.338. The van der Waals surface area contributed by atoms with E-state index in [0.29, 0.717) is 0 Å². The molecule has 3 radical (unpaired) electrons. The molecule has 0 rings (SSSR count). The second-order valence-electron chi connectivity index (χ2n) is 0.338. The Morgan fingerprint density at radius 1 is 1.67 bits per heavy atom. The van der Waals surface area contributed by atoms with E-state index in [-0.39, 0.29) is 0 Å². The van der Waals surface area contributed by atoms with Crippen LogP contribution in [0.3, 0.4) is 0 Å². The van der Waals surface area contributed by atoms with Gasteiger partial charge < -0.3 is 15.6 Å². The van der Waals surface area contributed by atoms with Crippen molar-refractivity contribution in [3.8, 4) is 0 Å². The average molecular weight is 106 g/mol. The van der Waals surface area contributed by atoms with Crippen molar-refractivity contribution in [2.24, 2.45) is 5.73 Å². The molecule has 0 atom stereocenters. The van der Waals surface area contributed by atoms with Crippen molar-refractivity contribution >= 4 is 16.6 Å². The molecule has 0 fully saturated rings. The summed E-state index contributed by atoms with van der Waals surface area (Å²) in [5.74, 6) is 0. The summed E-state index contributed by atoms with van der Waals surface area (Å²) < 4.78 is 0. The van der Waals surface area contributed by atoms with Crippen LogP contribution in [0, 0.1) is 0 Å². The molecule has 0 saturated heterocycles. The van der Waals surface area contributed by atoms with Crippen LogP contribution in [0.2, 0.25) is 0 Å². The van der Waals surface area contributed by atoms with E-state index in [1.165, 1.54) is 0 Å². The van der Waals surface area contributed by atoms with Crippen LogP contribution in [-0.2, 0) is 0 Å². The van der Waals surface area contributed by atoms with Crippen molar-refractivity contribution in [2.75, 3.05) is 0 Å².